The van der Waals surface area contributed by atoms with Crippen molar-refractivity contribution in [1.29, 1.82) is 0 Å². The van der Waals surface area contributed by atoms with Gasteiger partial charge in [-0.2, -0.15) is 0 Å². The van der Waals surface area contributed by atoms with Gasteiger partial charge in [0.05, 0.1) is 6.10 Å². The van der Waals surface area contributed by atoms with Crippen LogP contribution < -0.4 is 10.4 Å². The second kappa shape index (κ2) is 10.0. The van der Waals surface area contributed by atoms with Crippen molar-refractivity contribution in [2.75, 3.05) is 13.2 Å². The summed E-state index contributed by atoms with van der Waals surface area (Å²) in [7, 11) is -2.56. The first-order valence-corrected chi connectivity index (χ1v) is 14.0. The summed E-state index contributed by atoms with van der Waals surface area (Å²) >= 11 is 0. The molecule has 172 valence electrons. The highest BCUT2D eigenvalue weighted by molar-refractivity contribution is 6.99. The molecule has 1 aliphatic carbocycles. The van der Waals surface area contributed by atoms with Gasteiger partial charge in [0.15, 0.2) is 6.29 Å². The van der Waals surface area contributed by atoms with E-state index in [1.807, 2.05) is 0 Å². The molecule has 0 bridgehead atoms. The summed E-state index contributed by atoms with van der Waals surface area (Å²) in [5, 5.41) is 2.60. The predicted octanol–water partition coefficient (Wildman–Crippen LogP) is 5.44. The minimum atomic E-state index is -2.56. The fourth-order valence-electron chi connectivity index (χ4n) is 5.36. The van der Waals surface area contributed by atoms with Gasteiger partial charge in [0.2, 0.25) is 0 Å². The maximum absolute atomic E-state index is 7.20. The lowest BCUT2D eigenvalue weighted by Gasteiger charge is -2.44. The van der Waals surface area contributed by atoms with Gasteiger partial charge < -0.3 is 13.9 Å². The summed E-state index contributed by atoms with van der Waals surface area (Å²) in [5.74, 6) is 0.210. The van der Waals surface area contributed by atoms with Crippen molar-refractivity contribution in [3.63, 3.8) is 0 Å². The van der Waals surface area contributed by atoms with E-state index in [0.717, 1.165) is 32.3 Å². The fourth-order valence-corrected chi connectivity index (χ4v) is 9.94. The van der Waals surface area contributed by atoms with Crippen molar-refractivity contribution in [3.05, 3.63) is 72.8 Å². The standard InChI is InChI=1S/C28H38O3Si/c1-22-18-19-26(31-27-17-11-12-20-29-27)25(22)21-30-32(28(2,3)4,23-13-7-5-8-14-23)24-15-9-6-10-16-24/h5-10,13-16,25-27H,1,11-12,17-21H2,2-4H3. The Kier molecular flexibility index (Phi) is 7.36. The smallest absolute Gasteiger partial charge is 0.261 e. The molecule has 3 unspecified atom stereocenters. The van der Waals surface area contributed by atoms with E-state index in [0.29, 0.717) is 6.61 Å². The Bertz CT molecular complexity index is 829. The summed E-state index contributed by atoms with van der Waals surface area (Å²) < 4.78 is 19.5. The lowest BCUT2D eigenvalue weighted by molar-refractivity contribution is -0.194. The molecule has 0 radical (unpaired) electrons. The molecule has 1 aliphatic heterocycles. The van der Waals surface area contributed by atoms with Gasteiger partial charge in [0, 0.05) is 19.1 Å². The number of rotatable bonds is 7. The molecule has 0 spiro atoms. The van der Waals surface area contributed by atoms with Gasteiger partial charge >= 0.3 is 0 Å². The van der Waals surface area contributed by atoms with Crippen molar-refractivity contribution in [3.8, 4) is 0 Å². The zero-order chi connectivity index (χ0) is 22.6. The van der Waals surface area contributed by atoms with Crippen molar-refractivity contribution in [2.45, 2.75) is 70.3 Å². The predicted molar refractivity (Wildman–Crippen MR) is 134 cm³/mol. The van der Waals surface area contributed by atoms with E-state index >= 15 is 0 Å². The molecule has 3 atom stereocenters. The van der Waals surface area contributed by atoms with Gasteiger partial charge in [0.1, 0.15) is 0 Å². The van der Waals surface area contributed by atoms with Crippen molar-refractivity contribution >= 4 is 18.7 Å². The molecule has 2 aromatic rings. The molecule has 2 aromatic carbocycles. The van der Waals surface area contributed by atoms with Crippen molar-refractivity contribution in [2.24, 2.45) is 5.92 Å². The molecule has 4 rings (SSSR count). The van der Waals surface area contributed by atoms with E-state index in [9.17, 15) is 0 Å². The number of hydrogen-bond donors (Lipinski definition) is 0. The molecule has 2 aliphatic rings. The van der Waals surface area contributed by atoms with Gasteiger partial charge in [-0.05, 0) is 47.5 Å². The SMILES string of the molecule is C=C1CCC(OC2CCCCO2)C1CO[Si](c1ccccc1)(c1ccccc1)C(C)(C)C. The first-order valence-electron chi connectivity index (χ1n) is 12.1. The molecule has 32 heavy (non-hydrogen) atoms. The Hall–Kier alpha value is -1.72. The monoisotopic (exact) mass is 450 g/mol. The Morgan fingerprint density at radius 1 is 0.938 bits per heavy atom. The molecule has 3 nitrogen and oxygen atoms in total. The van der Waals surface area contributed by atoms with Crippen LogP contribution in [0.25, 0.3) is 0 Å². The Morgan fingerprint density at radius 3 is 2.09 bits per heavy atom. The minimum absolute atomic E-state index is 0.0293. The molecule has 0 aromatic heterocycles. The third-order valence-corrected chi connectivity index (χ3v) is 12.1. The van der Waals surface area contributed by atoms with E-state index < -0.39 is 8.32 Å². The van der Waals surface area contributed by atoms with Gasteiger partial charge in [-0.3, -0.25) is 0 Å². The quantitative estimate of drug-likeness (QED) is 0.415. The molecule has 0 N–H and O–H groups in total. The van der Waals surface area contributed by atoms with Gasteiger partial charge in [0.25, 0.3) is 8.32 Å². The summed E-state index contributed by atoms with van der Waals surface area (Å²) in [6.07, 6.45) is 5.38. The summed E-state index contributed by atoms with van der Waals surface area (Å²) in [6, 6.07) is 21.7. The van der Waals surface area contributed by atoms with E-state index in [4.69, 9.17) is 13.9 Å². The summed E-state index contributed by atoms with van der Waals surface area (Å²) in [4.78, 5) is 0. The molecule has 0 amide bonds. The normalized spacial score (nSPS) is 24.6. The number of hydrogen-bond acceptors (Lipinski definition) is 3. The van der Waals surface area contributed by atoms with Crippen LogP contribution in [-0.4, -0.2) is 33.9 Å². The maximum atomic E-state index is 7.20. The van der Waals surface area contributed by atoms with Crippen LogP contribution in [0.3, 0.4) is 0 Å². The highest BCUT2D eigenvalue weighted by Gasteiger charge is 2.51. The van der Waals surface area contributed by atoms with E-state index in [-0.39, 0.29) is 23.4 Å². The molecular formula is C28H38O3Si. The Labute approximate surface area is 194 Å². The van der Waals surface area contributed by atoms with E-state index in [2.05, 4.69) is 88.0 Å². The van der Waals surface area contributed by atoms with E-state index in [1.165, 1.54) is 22.4 Å². The second-order valence-corrected chi connectivity index (χ2v) is 14.6. The van der Waals surface area contributed by atoms with Crippen LogP contribution in [0.15, 0.2) is 72.8 Å². The third-order valence-electron chi connectivity index (χ3n) is 7.08. The number of ether oxygens (including phenoxy) is 2. The molecule has 1 heterocycles. The summed E-state index contributed by atoms with van der Waals surface area (Å²) in [6.45, 7) is 12.8. The zero-order valence-electron chi connectivity index (χ0n) is 19.9. The average Bonchev–Trinajstić information content (AvgIpc) is 3.14. The molecule has 1 saturated heterocycles. The fraction of sp³-hybridized carbons (Fsp3) is 0.500. The van der Waals surface area contributed by atoms with Crippen LogP contribution in [0.1, 0.15) is 52.9 Å². The van der Waals surface area contributed by atoms with Crippen LogP contribution in [0.4, 0.5) is 0 Å². The Morgan fingerprint density at radius 2 is 1.56 bits per heavy atom. The lowest BCUT2D eigenvalue weighted by atomic mass is 10.0. The van der Waals surface area contributed by atoms with Crippen LogP contribution in [0, 0.1) is 5.92 Å². The largest absolute Gasteiger partial charge is 0.407 e. The second-order valence-electron chi connectivity index (χ2n) is 10.2. The maximum Gasteiger partial charge on any atom is 0.261 e. The van der Waals surface area contributed by atoms with Crippen LogP contribution >= 0.6 is 0 Å². The van der Waals surface area contributed by atoms with Crippen molar-refractivity contribution in [1.82, 2.24) is 0 Å². The first kappa shape index (κ1) is 23.4. The van der Waals surface area contributed by atoms with Gasteiger partial charge in [-0.1, -0.05) is 93.6 Å². The van der Waals surface area contributed by atoms with Crippen LogP contribution in [0.5, 0.6) is 0 Å². The molecule has 2 fully saturated rings. The lowest BCUT2D eigenvalue weighted by Crippen LogP contribution is -2.67. The molecular weight excluding hydrogens is 412 g/mol. The average molecular weight is 451 g/mol. The van der Waals surface area contributed by atoms with Gasteiger partial charge in [-0.25, -0.2) is 0 Å². The number of benzene rings is 2. The van der Waals surface area contributed by atoms with E-state index in [1.54, 1.807) is 0 Å². The third kappa shape index (κ3) is 4.79. The highest BCUT2D eigenvalue weighted by atomic mass is 28.4. The summed E-state index contributed by atoms with van der Waals surface area (Å²) in [5.41, 5.74) is 1.25. The minimum Gasteiger partial charge on any atom is -0.407 e. The molecule has 4 heteroatoms. The zero-order valence-corrected chi connectivity index (χ0v) is 20.9. The topological polar surface area (TPSA) is 27.7 Å². The first-order chi connectivity index (χ1) is 15.4. The van der Waals surface area contributed by atoms with Crippen molar-refractivity contribution < 1.29 is 13.9 Å². The van der Waals surface area contributed by atoms with Crippen LogP contribution in [-0.2, 0) is 13.9 Å². The Balaban J connectivity index is 1.63. The molecule has 1 saturated carbocycles. The van der Waals surface area contributed by atoms with Crippen LogP contribution in [0.2, 0.25) is 5.04 Å². The van der Waals surface area contributed by atoms with Gasteiger partial charge in [-0.15, -0.1) is 0 Å². The highest BCUT2D eigenvalue weighted by Crippen LogP contribution is 2.40.